The summed E-state index contributed by atoms with van der Waals surface area (Å²) in [6, 6.07) is 21.2. The Morgan fingerprint density at radius 3 is 2.00 bits per heavy atom. The molecule has 0 aliphatic carbocycles. The lowest BCUT2D eigenvalue weighted by Crippen LogP contribution is -2.55. The Hall–Kier alpha value is -2.04. The number of rotatable bonds is 4. The molecule has 0 fully saturated rings. The largest absolute Gasteiger partial charge is 0.365 e. The van der Waals surface area contributed by atoms with E-state index in [0.29, 0.717) is 0 Å². The highest BCUT2D eigenvalue weighted by atomic mass is 15.3. The van der Waals surface area contributed by atoms with E-state index in [4.69, 9.17) is 0 Å². The van der Waals surface area contributed by atoms with Crippen molar-refractivity contribution in [3.05, 3.63) is 83.5 Å². The average molecular weight is 277 g/mol. The van der Waals surface area contributed by atoms with E-state index in [2.05, 4.69) is 90.7 Å². The van der Waals surface area contributed by atoms with Crippen LogP contribution in [0.2, 0.25) is 0 Å². The number of benzene rings is 2. The second kappa shape index (κ2) is 6.61. The predicted octanol–water partition coefficient (Wildman–Crippen LogP) is 1.32. The fourth-order valence-corrected chi connectivity index (χ4v) is 2.55. The van der Waals surface area contributed by atoms with Crippen LogP contribution in [0.1, 0.15) is 17.2 Å². The number of hydrogen-bond acceptors (Lipinski definition) is 3. The summed E-state index contributed by atoms with van der Waals surface area (Å²) in [5.41, 5.74) is 3.83. The fourth-order valence-electron chi connectivity index (χ4n) is 2.55. The Morgan fingerprint density at radius 2 is 1.52 bits per heavy atom. The minimum Gasteiger partial charge on any atom is -0.365 e. The summed E-state index contributed by atoms with van der Waals surface area (Å²) in [6.45, 7) is 0.904. The third-order valence-corrected chi connectivity index (χ3v) is 3.68. The van der Waals surface area contributed by atoms with Gasteiger partial charge in [-0.15, -0.1) is 0 Å². The van der Waals surface area contributed by atoms with Gasteiger partial charge < -0.3 is 5.32 Å². The first-order valence-corrected chi connectivity index (χ1v) is 7.34. The van der Waals surface area contributed by atoms with Crippen molar-refractivity contribution in [2.45, 2.75) is 12.3 Å². The molecule has 3 nitrogen and oxygen atoms in total. The molecule has 0 spiro atoms. The van der Waals surface area contributed by atoms with Gasteiger partial charge in [-0.05, 0) is 17.3 Å². The van der Waals surface area contributed by atoms with Crippen molar-refractivity contribution in [3.63, 3.8) is 0 Å². The van der Waals surface area contributed by atoms with Crippen molar-refractivity contribution in [2.75, 3.05) is 6.54 Å². The zero-order valence-electron chi connectivity index (χ0n) is 12.2. The van der Waals surface area contributed by atoms with Gasteiger partial charge in [0.15, 0.2) is 0 Å². The highest BCUT2D eigenvalue weighted by Gasteiger charge is 2.19. The van der Waals surface area contributed by atoms with Gasteiger partial charge in [0.25, 0.3) is 0 Å². The van der Waals surface area contributed by atoms with E-state index in [-0.39, 0.29) is 12.3 Å². The lowest BCUT2D eigenvalue weighted by atomic mass is 9.96. The van der Waals surface area contributed by atoms with Gasteiger partial charge in [0.05, 0.1) is 6.04 Å². The smallest absolute Gasteiger partial charge is 0.137 e. The van der Waals surface area contributed by atoms with Crippen LogP contribution in [0.5, 0.6) is 0 Å². The molecule has 0 saturated carbocycles. The molecule has 0 saturated heterocycles. The van der Waals surface area contributed by atoms with E-state index in [0.717, 1.165) is 6.54 Å². The Bertz CT molecular complexity index is 558. The van der Waals surface area contributed by atoms with Gasteiger partial charge in [-0.3, -0.25) is 10.6 Å². The zero-order chi connectivity index (χ0) is 14.5. The molecule has 3 rings (SSSR count). The molecule has 1 aliphatic rings. The fraction of sp³-hybridized carbons (Fsp3) is 0.176. The second-order valence-electron chi connectivity index (χ2n) is 5.39. The van der Waals surface area contributed by atoms with Crippen LogP contribution in [0.3, 0.4) is 0 Å². The quantitative estimate of drug-likeness (QED) is 0.738. The zero-order valence-corrected chi connectivity index (χ0v) is 12.2. The summed E-state index contributed by atoms with van der Waals surface area (Å²) in [5, 5.41) is 10.4. The Balaban J connectivity index is 1.83. The third kappa shape index (κ3) is 3.54. The van der Waals surface area contributed by atoms with E-state index >= 15 is 0 Å². The van der Waals surface area contributed by atoms with Crippen molar-refractivity contribution in [1.29, 1.82) is 0 Å². The molecule has 0 bridgehead atoms. The van der Waals surface area contributed by atoms with E-state index in [9.17, 15) is 0 Å². The lowest BCUT2D eigenvalue weighted by molar-refractivity contribution is 0.365. The van der Waals surface area contributed by atoms with Crippen molar-refractivity contribution in [3.8, 4) is 0 Å². The van der Waals surface area contributed by atoms with Crippen molar-refractivity contribution >= 4 is 7.85 Å². The minimum atomic E-state index is 0.0686. The van der Waals surface area contributed by atoms with Gasteiger partial charge in [0.1, 0.15) is 14.1 Å². The Kier molecular flexibility index (Phi) is 4.38. The summed E-state index contributed by atoms with van der Waals surface area (Å²) < 4.78 is 0. The summed E-state index contributed by atoms with van der Waals surface area (Å²) in [7, 11) is 2.11. The maximum Gasteiger partial charge on any atom is 0.137 e. The molecular weight excluding hydrogens is 257 g/mol. The van der Waals surface area contributed by atoms with Crippen LogP contribution in [-0.2, 0) is 0 Å². The summed E-state index contributed by atoms with van der Waals surface area (Å²) >= 11 is 0. The second-order valence-corrected chi connectivity index (χ2v) is 5.39. The maximum atomic E-state index is 3.64. The minimum absolute atomic E-state index is 0.0686. The molecule has 1 heterocycles. The molecule has 2 aromatic rings. The van der Waals surface area contributed by atoms with Gasteiger partial charge in [-0.2, -0.15) is 0 Å². The molecule has 21 heavy (non-hydrogen) atoms. The van der Waals surface area contributed by atoms with Gasteiger partial charge >= 0.3 is 0 Å². The lowest BCUT2D eigenvalue weighted by Gasteiger charge is -2.30. The Labute approximate surface area is 126 Å². The monoisotopic (exact) mass is 277 g/mol. The van der Waals surface area contributed by atoms with Gasteiger partial charge in [0.2, 0.25) is 0 Å². The van der Waals surface area contributed by atoms with Crippen LogP contribution in [0.25, 0.3) is 0 Å². The SMILES string of the molecule is BC1=CNC(NC(c2ccccc2)c2ccccc2)NC1. The van der Waals surface area contributed by atoms with Crippen LogP contribution in [-0.4, -0.2) is 20.7 Å². The highest BCUT2D eigenvalue weighted by Crippen LogP contribution is 2.22. The van der Waals surface area contributed by atoms with Crippen LogP contribution < -0.4 is 16.0 Å². The van der Waals surface area contributed by atoms with Crippen molar-refractivity contribution < 1.29 is 0 Å². The van der Waals surface area contributed by atoms with Crippen LogP contribution in [0.15, 0.2) is 72.3 Å². The summed E-state index contributed by atoms with van der Waals surface area (Å²) in [4.78, 5) is 0. The van der Waals surface area contributed by atoms with Crippen LogP contribution in [0, 0.1) is 0 Å². The molecule has 3 N–H and O–H groups in total. The summed E-state index contributed by atoms with van der Waals surface area (Å²) in [6.07, 6.45) is 2.14. The molecule has 0 amide bonds. The van der Waals surface area contributed by atoms with Gasteiger partial charge in [-0.25, -0.2) is 0 Å². The first kappa shape index (κ1) is 13.9. The van der Waals surface area contributed by atoms with E-state index in [1.165, 1.54) is 16.6 Å². The molecule has 1 unspecified atom stereocenters. The predicted molar refractivity (Wildman–Crippen MR) is 89.4 cm³/mol. The van der Waals surface area contributed by atoms with Crippen molar-refractivity contribution in [2.24, 2.45) is 0 Å². The third-order valence-electron chi connectivity index (χ3n) is 3.68. The Morgan fingerprint density at radius 1 is 0.952 bits per heavy atom. The van der Waals surface area contributed by atoms with Gasteiger partial charge in [-0.1, -0.05) is 66.1 Å². The summed E-state index contributed by atoms with van der Waals surface area (Å²) in [5.74, 6) is 0. The molecule has 106 valence electrons. The van der Waals surface area contributed by atoms with Gasteiger partial charge in [0, 0.05) is 6.54 Å². The maximum absolute atomic E-state index is 3.64. The van der Waals surface area contributed by atoms with Crippen LogP contribution in [0.4, 0.5) is 0 Å². The normalized spacial score (nSPS) is 18.1. The molecular formula is C17H20BN3. The molecule has 0 aromatic heterocycles. The average Bonchev–Trinajstić information content (AvgIpc) is 2.56. The number of hydrogen-bond donors (Lipinski definition) is 3. The number of nitrogens with one attached hydrogen (secondary N) is 3. The van der Waals surface area contributed by atoms with E-state index in [1.807, 2.05) is 0 Å². The first-order chi connectivity index (χ1) is 10.3. The van der Waals surface area contributed by atoms with E-state index < -0.39 is 0 Å². The molecule has 0 radical (unpaired) electrons. The molecule has 2 aromatic carbocycles. The molecule has 1 atom stereocenters. The first-order valence-electron chi connectivity index (χ1n) is 7.34. The molecule has 4 heteroatoms. The van der Waals surface area contributed by atoms with E-state index in [1.54, 1.807) is 0 Å². The highest BCUT2D eigenvalue weighted by molar-refractivity contribution is 6.21. The standard InChI is InChI=1S/C17H20BN3/c18-15-11-19-17(20-12-15)21-16(13-7-3-1-4-8-13)14-9-5-2-6-10-14/h1-11,16-17,19-21H,12,18H2. The topological polar surface area (TPSA) is 36.1 Å². The molecule has 1 aliphatic heterocycles. The van der Waals surface area contributed by atoms with Crippen LogP contribution >= 0.6 is 0 Å². The van der Waals surface area contributed by atoms with Crippen molar-refractivity contribution in [1.82, 2.24) is 16.0 Å².